The van der Waals surface area contributed by atoms with Gasteiger partial charge in [-0.05, 0) is 25.3 Å². The third-order valence-electron chi connectivity index (χ3n) is 5.89. The third kappa shape index (κ3) is 2.63. The first-order valence-electron chi connectivity index (χ1n) is 9.21. The molecule has 0 saturated carbocycles. The standard InChI is InChI=1S/C19H21FN6O/c1-25(15-6-11-2-3-13(24-11)18(15)20)17-9-22-14(7-23-17)12-4-5-26-10-21-8-16(26)19(12)27/h4-5,7-11,13,15,18,24,27H,2-3,6H2,1H3/t11?,13?,15-,18+/m1/s1. The Morgan fingerprint density at radius 3 is 2.96 bits per heavy atom. The van der Waals surface area contributed by atoms with Crippen molar-refractivity contribution >= 4 is 11.3 Å². The molecule has 4 atom stereocenters. The van der Waals surface area contributed by atoms with Gasteiger partial charge in [-0.1, -0.05) is 0 Å². The highest BCUT2D eigenvalue weighted by atomic mass is 19.1. The fourth-order valence-electron chi connectivity index (χ4n) is 4.35. The van der Waals surface area contributed by atoms with Crippen molar-refractivity contribution in [3.05, 3.63) is 37.2 Å². The van der Waals surface area contributed by atoms with Gasteiger partial charge in [0.25, 0.3) is 0 Å². The van der Waals surface area contributed by atoms with Crippen LogP contribution in [0, 0.1) is 0 Å². The molecule has 2 unspecified atom stereocenters. The summed E-state index contributed by atoms with van der Waals surface area (Å²) in [7, 11) is 1.88. The van der Waals surface area contributed by atoms with Crippen LogP contribution in [0.1, 0.15) is 19.3 Å². The topological polar surface area (TPSA) is 78.6 Å². The van der Waals surface area contributed by atoms with Crippen LogP contribution in [0.3, 0.4) is 0 Å². The minimum Gasteiger partial charge on any atom is -0.505 e. The summed E-state index contributed by atoms with van der Waals surface area (Å²) in [5, 5.41) is 13.8. The number of anilines is 1. The van der Waals surface area contributed by atoms with Crippen molar-refractivity contribution in [1.82, 2.24) is 24.7 Å². The van der Waals surface area contributed by atoms with Crippen molar-refractivity contribution in [2.24, 2.45) is 0 Å². The Balaban J connectivity index is 1.42. The largest absolute Gasteiger partial charge is 0.505 e. The second-order valence-corrected chi connectivity index (χ2v) is 7.43. The van der Waals surface area contributed by atoms with Gasteiger partial charge >= 0.3 is 0 Å². The number of halogens is 1. The van der Waals surface area contributed by atoms with Gasteiger partial charge in [-0.3, -0.25) is 4.98 Å². The Hall–Kier alpha value is -2.74. The molecule has 5 rings (SSSR count). The summed E-state index contributed by atoms with van der Waals surface area (Å²) in [5.41, 5.74) is 1.77. The Bertz CT molecular complexity index is 974. The van der Waals surface area contributed by atoms with Crippen LogP contribution in [0.25, 0.3) is 16.8 Å². The number of nitrogens with one attached hydrogen (secondary N) is 1. The maximum absolute atomic E-state index is 14.8. The first kappa shape index (κ1) is 16.4. The van der Waals surface area contributed by atoms with Gasteiger partial charge in [-0.25, -0.2) is 14.4 Å². The molecule has 0 aliphatic carbocycles. The van der Waals surface area contributed by atoms with E-state index in [1.807, 2.05) is 18.1 Å². The highest BCUT2D eigenvalue weighted by Crippen LogP contribution is 2.34. The highest BCUT2D eigenvalue weighted by molar-refractivity contribution is 5.76. The van der Waals surface area contributed by atoms with Crippen molar-refractivity contribution in [2.45, 2.75) is 43.6 Å². The van der Waals surface area contributed by atoms with Crippen LogP contribution in [0.2, 0.25) is 0 Å². The minimum absolute atomic E-state index is 0.0530. The van der Waals surface area contributed by atoms with Crippen LogP contribution < -0.4 is 10.2 Å². The van der Waals surface area contributed by atoms with E-state index in [0.717, 1.165) is 19.3 Å². The number of hydrogen-bond donors (Lipinski definition) is 2. The van der Waals surface area contributed by atoms with Crippen molar-refractivity contribution in [3.63, 3.8) is 0 Å². The van der Waals surface area contributed by atoms with Gasteiger partial charge in [-0.2, -0.15) is 0 Å². The first-order valence-corrected chi connectivity index (χ1v) is 9.21. The molecule has 2 fully saturated rings. The molecule has 0 amide bonds. The number of imidazole rings is 1. The molecule has 0 spiro atoms. The summed E-state index contributed by atoms with van der Waals surface area (Å²) in [4.78, 5) is 14.9. The Labute approximate surface area is 155 Å². The summed E-state index contributed by atoms with van der Waals surface area (Å²) in [6.45, 7) is 0. The lowest BCUT2D eigenvalue weighted by Crippen LogP contribution is -2.55. The first-order chi connectivity index (χ1) is 13.1. The predicted octanol–water partition coefficient (Wildman–Crippen LogP) is 2.16. The highest BCUT2D eigenvalue weighted by Gasteiger charge is 2.43. The van der Waals surface area contributed by atoms with Crippen LogP contribution >= 0.6 is 0 Å². The molecule has 0 aromatic carbocycles. The molecule has 8 heteroatoms. The monoisotopic (exact) mass is 368 g/mol. The second kappa shape index (κ2) is 6.16. The zero-order valence-corrected chi connectivity index (χ0v) is 15.0. The molecule has 0 radical (unpaired) electrons. The molecule has 140 valence electrons. The molecule has 7 nitrogen and oxygen atoms in total. The molecule has 2 N–H and O–H groups in total. The summed E-state index contributed by atoms with van der Waals surface area (Å²) >= 11 is 0. The maximum atomic E-state index is 14.8. The van der Waals surface area contributed by atoms with Crippen molar-refractivity contribution in [1.29, 1.82) is 0 Å². The Morgan fingerprint density at radius 2 is 2.15 bits per heavy atom. The maximum Gasteiger partial charge on any atom is 0.150 e. The van der Waals surface area contributed by atoms with Gasteiger partial charge in [0.1, 0.15) is 17.5 Å². The van der Waals surface area contributed by atoms with Gasteiger partial charge in [0.15, 0.2) is 5.75 Å². The third-order valence-corrected chi connectivity index (χ3v) is 5.89. The lowest BCUT2D eigenvalue weighted by Gasteiger charge is -2.38. The zero-order valence-electron chi connectivity index (χ0n) is 15.0. The molecule has 3 aromatic rings. The number of aromatic nitrogens is 4. The van der Waals surface area contributed by atoms with E-state index in [9.17, 15) is 9.50 Å². The Kier molecular flexibility index (Phi) is 3.75. The minimum atomic E-state index is -0.913. The van der Waals surface area contributed by atoms with E-state index >= 15 is 0 Å². The zero-order chi connectivity index (χ0) is 18.5. The van der Waals surface area contributed by atoms with E-state index in [2.05, 4.69) is 20.3 Å². The number of alkyl halides is 1. The van der Waals surface area contributed by atoms with Gasteiger partial charge in [-0.15, -0.1) is 0 Å². The van der Waals surface area contributed by atoms with Crippen LogP contribution in [-0.2, 0) is 0 Å². The predicted molar refractivity (Wildman–Crippen MR) is 99.5 cm³/mol. The number of aromatic hydroxyl groups is 1. The van der Waals surface area contributed by atoms with E-state index in [0.29, 0.717) is 28.6 Å². The van der Waals surface area contributed by atoms with E-state index in [1.54, 1.807) is 35.4 Å². The van der Waals surface area contributed by atoms with E-state index < -0.39 is 6.17 Å². The molecule has 3 aromatic heterocycles. The van der Waals surface area contributed by atoms with E-state index in [1.165, 1.54) is 0 Å². The lowest BCUT2D eigenvalue weighted by atomic mass is 9.96. The van der Waals surface area contributed by atoms with Crippen LogP contribution in [0.15, 0.2) is 37.2 Å². The van der Waals surface area contributed by atoms with Crippen LogP contribution in [-0.4, -0.2) is 55.8 Å². The number of hydrogen-bond acceptors (Lipinski definition) is 6. The van der Waals surface area contributed by atoms with Crippen LogP contribution in [0.5, 0.6) is 5.75 Å². The molecule has 2 bridgehead atoms. The SMILES string of the molecule is CN(c1cnc(-c2ccn3cncc3c2O)cn1)[C@@H]1CC2CCC(N2)[C@@H]1F. The molecule has 5 heterocycles. The summed E-state index contributed by atoms with van der Waals surface area (Å²) in [6.07, 6.45) is 10.1. The molecular formula is C19H21FN6O. The fourth-order valence-corrected chi connectivity index (χ4v) is 4.35. The number of pyridine rings is 1. The van der Waals surface area contributed by atoms with Gasteiger partial charge < -0.3 is 19.7 Å². The molecule has 2 aliphatic heterocycles. The number of nitrogens with zero attached hydrogens (tertiary/aromatic N) is 5. The molecule has 2 aliphatic rings. The van der Waals surface area contributed by atoms with Crippen molar-refractivity contribution in [2.75, 3.05) is 11.9 Å². The number of fused-ring (bicyclic) bond motifs is 3. The Morgan fingerprint density at radius 1 is 1.26 bits per heavy atom. The van der Waals surface area contributed by atoms with Crippen LogP contribution in [0.4, 0.5) is 10.2 Å². The smallest absolute Gasteiger partial charge is 0.150 e. The quantitative estimate of drug-likeness (QED) is 0.738. The van der Waals surface area contributed by atoms with E-state index in [4.69, 9.17) is 0 Å². The fraction of sp³-hybridized carbons (Fsp3) is 0.421. The second-order valence-electron chi connectivity index (χ2n) is 7.43. The normalized spacial score (nSPS) is 27.2. The van der Waals surface area contributed by atoms with Crippen molar-refractivity contribution in [3.8, 4) is 17.0 Å². The van der Waals surface area contributed by atoms with Gasteiger partial charge in [0.2, 0.25) is 0 Å². The lowest BCUT2D eigenvalue weighted by molar-refractivity contribution is 0.176. The average molecular weight is 368 g/mol. The number of piperidine rings is 1. The van der Waals surface area contributed by atoms with Gasteiger partial charge in [0, 0.05) is 30.9 Å². The number of rotatable bonds is 3. The van der Waals surface area contributed by atoms with Crippen molar-refractivity contribution < 1.29 is 9.50 Å². The van der Waals surface area contributed by atoms with Gasteiger partial charge in [0.05, 0.1) is 36.7 Å². The summed E-state index contributed by atoms with van der Waals surface area (Å²) in [6, 6.07) is 1.92. The van der Waals surface area contributed by atoms with E-state index in [-0.39, 0.29) is 17.8 Å². The summed E-state index contributed by atoms with van der Waals surface area (Å²) < 4.78 is 16.5. The molecular weight excluding hydrogens is 347 g/mol. The average Bonchev–Trinajstić information content (AvgIpc) is 3.33. The summed E-state index contributed by atoms with van der Waals surface area (Å²) in [5.74, 6) is 0.752. The molecule has 27 heavy (non-hydrogen) atoms. The molecule has 2 saturated heterocycles.